The van der Waals surface area contributed by atoms with Gasteiger partial charge >= 0.3 is 0 Å². The molecule has 0 saturated carbocycles. The van der Waals surface area contributed by atoms with E-state index < -0.39 is 6.10 Å². The molecule has 0 bridgehead atoms. The molecule has 3 N–H and O–H groups in total. The average Bonchev–Trinajstić information content (AvgIpc) is 2.10. The normalized spacial score (nSPS) is 15.1. The molecule has 0 rings (SSSR count). The lowest BCUT2D eigenvalue weighted by molar-refractivity contribution is -0.122. The van der Waals surface area contributed by atoms with Gasteiger partial charge < -0.3 is 15.5 Å². The van der Waals surface area contributed by atoms with Crippen molar-refractivity contribution < 1.29 is 15.0 Å². The first kappa shape index (κ1) is 12.4. The van der Waals surface area contributed by atoms with Gasteiger partial charge in [-0.3, -0.25) is 4.79 Å². The van der Waals surface area contributed by atoms with Crippen molar-refractivity contribution in [1.82, 2.24) is 5.32 Å². The number of amides is 1. The van der Waals surface area contributed by atoms with Gasteiger partial charge in [0.15, 0.2) is 0 Å². The van der Waals surface area contributed by atoms with Gasteiger partial charge in [0.1, 0.15) is 0 Å². The molecule has 0 aromatic rings. The summed E-state index contributed by atoms with van der Waals surface area (Å²) in [6.45, 7) is 3.52. The van der Waals surface area contributed by atoms with Crippen LogP contribution in [0.25, 0.3) is 0 Å². The molecule has 1 unspecified atom stereocenters. The minimum Gasteiger partial charge on any atom is -0.394 e. The Bertz CT molecular complexity index is 144. The van der Waals surface area contributed by atoms with E-state index in [0.717, 1.165) is 6.42 Å². The van der Waals surface area contributed by atoms with E-state index >= 15 is 0 Å². The standard InChI is InChI=1S/C9H19NO3/c1-3-8(6-11)10-9(13)5-4-7(2)12/h7-8,11-12H,3-6H2,1-2H3,(H,10,13)/t7?,8-/m0/s1. The molecular formula is C9H19NO3. The summed E-state index contributed by atoms with van der Waals surface area (Å²) in [4.78, 5) is 11.1. The van der Waals surface area contributed by atoms with E-state index in [1.807, 2.05) is 6.92 Å². The Morgan fingerprint density at radius 2 is 2.15 bits per heavy atom. The summed E-state index contributed by atoms with van der Waals surface area (Å²) < 4.78 is 0. The zero-order chi connectivity index (χ0) is 10.3. The number of aliphatic hydroxyl groups excluding tert-OH is 2. The van der Waals surface area contributed by atoms with Crippen LogP contribution in [0.5, 0.6) is 0 Å². The summed E-state index contributed by atoms with van der Waals surface area (Å²) in [6, 6.07) is -0.151. The highest BCUT2D eigenvalue weighted by molar-refractivity contribution is 5.76. The lowest BCUT2D eigenvalue weighted by Crippen LogP contribution is -2.37. The monoisotopic (exact) mass is 189 g/mol. The minimum absolute atomic E-state index is 0.0308. The van der Waals surface area contributed by atoms with Crippen molar-refractivity contribution in [1.29, 1.82) is 0 Å². The molecule has 0 saturated heterocycles. The zero-order valence-corrected chi connectivity index (χ0v) is 8.29. The molecular weight excluding hydrogens is 170 g/mol. The highest BCUT2D eigenvalue weighted by atomic mass is 16.3. The number of carbonyl (C=O) groups is 1. The zero-order valence-electron chi connectivity index (χ0n) is 8.29. The second kappa shape index (κ2) is 6.86. The Morgan fingerprint density at radius 1 is 1.54 bits per heavy atom. The SMILES string of the molecule is CC[C@@H](CO)NC(=O)CCC(C)O. The van der Waals surface area contributed by atoms with E-state index in [1.54, 1.807) is 6.92 Å². The van der Waals surface area contributed by atoms with Crippen LogP contribution in [-0.4, -0.2) is 34.9 Å². The molecule has 4 nitrogen and oxygen atoms in total. The summed E-state index contributed by atoms with van der Waals surface area (Å²) >= 11 is 0. The van der Waals surface area contributed by atoms with Crippen LogP contribution in [0.1, 0.15) is 33.1 Å². The van der Waals surface area contributed by atoms with Gasteiger partial charge in [0, 0.05) is 6.42 Å². The Morgan fingerprint density at radius 3 is 2.54 bits per heavy atom. The van der Waals surface area contributed by atoms with Crippen LogP contribution in [0, 0.1) is 0 Å². The second-order valence-corrected chi connectivity index (χ2v) is 3.24. The van der Waals surface area contributed by atoms with E-state index in [4.69, 9.17) is 10.2 Å². The Balaban J connectivity index is 3.60. The quantitative estimate of drug-likeness (QED) is 0.552. The van der Waals surface area contributed by atoms with Crippen molar-refractivity contribution in [3.05, 3.63) is 0 Å². The van der Waals surface area contributed by atoms with Gasteiger partial charge in [-0.15, -0.1) is 0 Å². The average molecular weight is 189 g/mol. The van der Waals surface area contributed by atoms with E-state index in [9.17, 15) is 4.79 Å². The van der Waals surface area contributed by atoms with Crippen LogP contribution >= 0.6 is 0 Å². The van der Waals surface area contributed by atoms with Crippen LogP contribution in [0.2, 0.25) is 0 Å². The third-order valence-corrected chi connectivity index (χ3v) is 1.87. The fourth-order valence-electron chi connectivity index (χ4n) is 0.917. The molecule has 0 aliphatic carbocycles. The van der Waals surface area contributed by atoms with Crippen molar-refractivity contribution >= 4 is 5.91 Å². The molecule has 1 amide bonds. The van der Waals surface area contributed by atoms with Crippen LogP contribution in [0.4, 0.5) is 0 Å². The molecule has 0 spiro atoms. The van der Waals surface area contributed by atoms with Crippen molar-refractivity contribution in [2.75, 3.05) is 6.61 Å². The molecule has 13 heavy (non-hydrogen) atoms. The Labute approximate surface area is 79.0 Å². The lowest BCUT2D eigenvalue weighted by atomic mass is 10.2. The maximum Gasteiger partial charge on any atom is 0.220 e. The molecule has 78 valence electrons. The maximum absolute atomic E-state index is 11.1. The summed E-state index contributed by atoms with van der Waals surface area (Å²) in [7, 11) is 0. The van der Waals surface area contributed by atoms with Gasteiger partial charge in [0.2, 0.25) is 5.91 Å². The van der Waals surface area contributed by atoms with Gasteiger partial charge in [-0.05, 0) is 19.8 Å². The van der Waals surface area contributed by atoms with Crippen LogP contribution < -0.4 is 5.32 Å². The van der Waals surface area contributed by atoms with Crippen LogP contribution in [0.15, 0.2) is 0 Å². The second-order valence-electron chi connectivity index (χ2n) is 3.24. The first-order valence-corrected chi connectivity index (χ1v) is 4.68. The first-order chi connectivity index (χ1) is 6.10. The van der Waals surface area contributed by atoms with Crippen molar-refractivity contribution in [2.24, 2.45) is 0 Å². The van der Waals surface area contributed by atoms with Crippen LogP contribution in [-0.2, 0) is 4.79 Å². The highest BCUT2D eigenvalue weighted by Gasteiger charge is 2.09. The van der Waals surface area contributed by atoms with E-state index in [1.165, 1.54) is 0 Å². The van der Waals surface area contributed by atoms with Gasteiger partial charge in [0.25, 0.3) is 0 Å². The smallest absolute Gasteiger partial charge is 0.220 e. The molecule has 0 aromatic carbocycles. The van der Waals surface area contributed by atoms with Crippen LogP contribution in [0.3, 0.4) is 0 Å². The molecule has 0 aromatic heterocycles. The molecule has 0 heterocycles. The van der Waals surface area contributed by atoms with Crippen molar-refractivity contribution in [3.63, 3.8) is 0 Å². The third-order valence-electron chi connectivity index (χ3n) is 1.87. The Hall–Kier alpha value is -0.610. The van der Waals surface area contributed by atoms with E-state index in [-0.39, 0.29) is 18.6 Å². The third kappa shape index (κ3) is 6.54. The highest BCUT2D eigenvalue weighted by Crippen LogP contribution is 1.97. The van der Waals surface area contributed by atoms with Gasteiger partial charge in [0.05, 0.1) is 18.8 Å². The van der Waals surface area contributed by atoms with Crippen molar-refractivity contribution in [2.45, 2.75) is 45.3 Å². The van der Waals surface area contributed by atoms with Gasteiger partial charge in [-0.2, -0.15) is 0 Å². The first-order valence-electron chi connectivity index (χ1n) is 4.68. The van der Waals surface area contributed by atoms with Gasteiger partial charge in [-0.25, -0.2) is 0 Å². The topological polar surface area (TPSA) is 69.6 Å². The van der Waals surface area contributed by atoms with E-state index in [0.29, 0.717) is 12.8 Å². The predicted octanol–water partition coefficient (Wildman–Crippen LogP) is 0.0345. The Kier molecular flexibility index (Phi) is 6.54. The summed E-state index contributed by atoms with van der Waals surface area (Å²) in [5.41, 5.74) is 0. The van der Waals surface area contributed by atoms with E-state index in [2.05, 4.69) is 5.32 Å². The molecule has 0 fully saturated rings. The molecule has 0 radical (unpaired) electrons. The minimum atomic E-state index is -0.444. The summed E-state index contributed by atoms with van der Waals surface area (Å²) in [6.07, 6.45) is 1.05. The maximum atomic E-state index is 11.1. The number of hydrogen-bond donors (Lipinski definition) is 3. The fraction of sp³-hybridized carbons (Fsp3) is 0.889. The number of aliphatic hydroxyl groups is 2. The summed E-state index contributed by atoms with van der Waals surface area (Å²) in [5, 5.41) is 20.4. The largest absolute Gasteiger partial charge is 0.394 e. The molecule has 0 aliphatic rings. The number of nitrogens with one attached hydrogen (secondary N) is 1. The van der Waals surface area contributed by atoms with Gasteiger partial charge in [-0.1, -0.05) is 6.92 Å². The number of hydrogen-bond acceptors (Lipinski definition) is 3. The fourth-order valence-corrected chi connectivity index (χ4v) is 0.917. The lowest BCUT2D eigenvalue weighted by Gasteiger charge is -2.14. The molecule has 0 aliphatic heterocycles. The predicted molar refractivity (Wildman–Crippen MR) is 50.2 cm³/mol. The number of rotatable bonds is 6. The summed E-state index contributed by atoms with van der Waals surface area (Å²) in [5.74, 6) is -0.109. The molecule has 2 atom stereocenters. The molecule has 4 heteroatoms. The van der Waals surface area contributed by atoms with Crippen molar-refractivity contribution in [3.8, 4) is 0 Å². The number of carbonyl (C=O) groups excluding carboxylic acids is 1.